The molecule has 1 aromatic heterocycles. The summed E-state index contributed by atoms with van der Waals surface area (Å²) < 4.78 is 0. The van der Waals surface area contributed by atoms with Gasteiger partial charge in [-0.3, -0.25) is 4.98 Å². The van der Waals surface area contributed by atoms with Gasteiger partial charge < -0.3 is 10.2 Å². The number of carbonyl (C=O) groups is 1. The van der Waals surface area contributed by atoms with Crippen molar-refractivity contribution < 1.29 is 4.79 Å². The van der Waals surface area contributed by atoms with Crippen LogP contribution in [0.1, 0.15) is 11.1 Å². The summed E-state index contributed by atoms with van der Waals surface area (Å²) in [7, 11) is 0. The number of benzene rings is 1. The molecule has 0 radical (unpaired) electrons. The molecule has 2 heterocycles. The van der Waals surface area contributed by atoms with Crippen molar-refractivity contribution in [3.8, 4) is 0 Å². The zero-order valence-corrected chi connectivity index (χ0v) is 12.1. The summed E-state index contributed by atoms with van der Waals surface area (Å²) in [4.78, 5) is 17.9. The molecular weight excluding hydrogens is 262 g/mol. The van der Waals surface area contributed by atoms with Crippen LogP contribution in [0.5, 0.6) is 0 Å². The summed E-state index contributed by atoms with van der Waals surface area (Å²) in [6, 6.07) is 12.1. The molecule has 0 unspecified atom stereocenters. The second-order valence-electron chi connectivity index (χ2n) is 5.57. The fourth-order valence-corrected chi connectivity index (χ4v) is 2.65. The molecule has 21 heavy (non-hydrogen) atoms. The lowest BCUT2D eigenvalue weighted by Gasteiger charge is -2.39. The van der Waals surface area contributed by atoms with Gasteiger partial charge >= 0.3 is 6.03 Å². The number of nitrogens with zero attached hydrogens (tertiary/aromatic N) is 2. The van der Waals surface area contributed by atoms with Crippen LogP contribution in [-0.2, 0) is 6.42 Å². The molecule has 4 heteroatoms. The summed E-state index contributed by atoms with van der Waals surface area (Å²) >= 11 is 0. The molecule has 0 bridgehead atoms. The second-order valence-corrected chi connectivity index (χ2v) is 5.57. The van der Waals surface area contributed by atoms with Crippen molar-refractivity contribution in [1.29, 1.82) is 0 Å². The highest BCUT2D eigenvalue weighted by Gasteiger charge is 2.30. The maximum absolute atomic E-state index is 12.0. The number of hydrogen-bond donors (Lipinski definition) is 1. The Bertz CT molecular complexity index is 621. The Morgan fingerprint density at radius 2 is 2.10 bits per heavy atom. The van der Waals surface area contributed by atoms with Gasteiger partial charge in [0.15, 0.2) is 0 Å². The van der Waals surface area contributed by atoms with Crippen LogP contribution in [0, 0.1) is 12.8 Å². The van der Waals surface area contributed by atoms with Crippen LogP contribution in [0.15, 0.2) is 48.8 Å². The van der Waals surface area contributed by atoms with Gasteiger partial charge in [-0.2, -0.15) is 0 Å². The Balaban J connectivity index is 1.49. The molecule has 0 saturated carbocycles. The van der Waals surface area contributed by atoms with Crippen LogP contribution in [0.4, 0.5) is 10.5 Å². The van der Waals surface area contributed by atoms with Crippen LogP contribution in [0.3, 0.4) is 0 Å². The first-order valence-corrected chi connectivity index (χ1v) is 7.23. The Morgan fingerprint density at radius 1 is 1.29 bits per heavy atom. The van der Waals surface area contributed by atoms with E-state index in [1.807, 2.05) is 17.0 Å². The van der Waals surface area contributed by atoms with Crippen molar-refractivity contribution in [2.45, 2.75) is 13.3 Å². The number of rotatable bonds is 3. The SMILES string of the molecule is Cc1ccccc1CC1CN(C(=O)Nc2cccnc2)C1. The number of nitrogens with one attached hydrogen (secondary N) is 1. The van der Waals surface area contributed by atoms with E-state index in [2.05, 4.69) is 41.5 Å². The zero-order chi connectivity index (χ0) is 14.7. The Labute approximate surface area is 124 Å². The lowest BCUT2D eigenvalue weighted by Crippen LogP contribution is -2.52. The number of urea groups is 1. The van der Waals surface area contributed by atoms with Crippen molar-refractivity contribution >= 4 is 11.7 Å². The van der Waals surface area contributed by atoms with Crippen LogP contribution < -0.4 is 5.32 Å². The van der Waals surface area contributed by atoms with Crippen LogP contribution >= 0.6 is 0 Å². The van der Waals surface area contributed by atoms with Gasteiger partial charge in [0.25, 0.3) is 0 Å². The number of amides is 2. The molecule has 1 aliphatic heterocycles. The Morgan fingerprint density at radius 3 is 2.81 bits per heavy atom. The lowest BCUT2D eigenvalue weighted by atomic mass is 9.90. The van der Waals surface area contributed by atoms with Gasteiger partial charge in [0.05, 0.1) is 11.9 Å². The standard InChI is InChI=1S/C17H19N3O/c1-13-5-2-3-6-15(13)9-14-11-20(12-14)17(21)19-16-7-4-8-18-10-16/h2-8,10,14H,9,11-12H2,1H3,(H,19,21). The zero-order valence-electron chi connectivity index (χ0n) is 12.1. The van der Waals surface area contributed by atoms with E-state index >= 15 is 0 Å². The number of likely N-dealkylation sites (tertiary alicyclic amines) is 1. The van der Waals surface area contributed by atoms with E-state index in [1.165, 1.54) is 11.1 Å². The molecule has 0 atom stereocenters. The molecule has 108 valence electrons. The number of pyridine rings is 1. The van der Waals surface area contributed by atoms with E-state index in [-0.39, 0.29) is 6.03 Å². The van der Waals surface area contributed by atoms with Crippen LogP contribution in [0.25, 0.3) is 0 Å². The summed E-state index contributed by atoms with van der Waals surface area (Å²) in [5.74, 6) is 0.561. The van der Waals surface area contributed by atoms with E-state index < -0.39 is 0 Å². The topological polar surface area (TPSA) is 45.2 Å². The third-order valence-corrected chi connectivity index (χ3v) is 3.93. The van der Waals surface area contributed by atoms with Gasteiger partial charge in [0, 0.05) is 19.3 Å². The minimum Gasteiger partial charge on any atom is -0.324 e. The fraction of sp³-hybridized carbons (Fsp3) is 0.294. The van der Waals surface area contributed by atoms with E-state index in [1.54, 1.807) is 12.4 Å². The Hall–Kier alpha value is -2.36. The number of carbonyl (C=O) groups excluding carboxylic acids is 1. The monoisotopic (exact) mass is 281 g/mol. The smallest absolute Gasteiger partial charge is 0.321 e. The minimum absolute atomic E-state index is 0.0379. The van der Waals surface area contributed by atoms with E-state index in [0.717, 1.165) is 25.2 Å². The Kier molecular flexibility index (Phi) is 3.86. The number of aromatic nitrogens is 1. The molecule has 1 fully saturated rings. The minimum atomic E-state index is -0.0379. The van der Waals surface area contributed by atoms with Crippen LogP contribution in [-0.4, -0.2) is 29.0 Å². The highest BCUT2D eigenvalue weighted by molar-refractivity contribution is 5.89. The average molecular weight is 281 g/mol. The first-order valence-electron chi connectivity index (χ1n) is 7.23. The molecule has 1 aliphatic rings. The first-order chi connectivity index (χ1) is 10.2. The highest BCUT2D eigenvalue weighted by Crippen LogP contribution is 2.22. The highest BCUT2D eigenvalue weighted by atomic mass is 16.2. The van der Waals surface area contributed by atoms with Crippen LogP contribution in [0.2, 0.25) is 0 Å². The molecule has 1 aromatic carbocycles. The van der Waals surface area contributed by atoms with Crippen molar-refractivity contribution in [2.75, 3.05) is 18.4 Å². The molecule has 0 aliphatic carbocycles. The van der Waals surface area contributed by atoms with Gasteiger partial charge in [-0.15, -0.1) is 0 Å². The van der Waals surface area contributed by atoms with E-state index in [9.17, 15) is 4.79 Å². The molecule has 2 aromatic rings. The molecule has 2 amide bonds. The summed E-state index contributed by atoms with van der Waals surface area (Å²) in [6.07, 6.45) is 4.39. The maximum atomic E-state index is 12.0. The lowest BCUT2D eigenvalue weighted by molar-refractivity contribution is 0.131. The first kappa shape index (κ1) is 13.6. The molecule has 0 spiro atoms. The summed E-state index contributed by atoms with van der Waals surface area (Å²) in [5.41, 5.74) is 3.45. The van der Waals surface area contributed by atoms with Crippen molar-refractivity contribution in [2.24, 2.45) is 5.92 Å². The third kappa shape index (κ3) is 3.21. The van der Waals surface area contributed by atoms with Gasteiger partial charge in [-0.1, -0.05) is 24.3 Å². The predicted molar refractivity (Wildman–Crippen MR) is 83.2 cm³/mol. The molecule has 1 N–H and O–H groups in total. The van der Waals surface area contributed by atoms with Crippen molar-refractivity contribution in [3.63, 3.8) is 0 Å². The molecule has 3 rings (SSSR count). The summed E-state index contributed by atoms with van der Waals surface area (Å²) in [6.45, 7) is 3.78. The molecular formula is C17H19N3O. The van der Waals surface area contributed by atoms with Gasteiger partial charge in [-0.25, -0.2) is 4.79 Å². The van der Waals surface area contributed by atoms with E-state index in [0.29, 0.717) is 5.92 Å². The maximum Gasteiger partial charge on any atom is 0.321 e. The predicted octanol–water partition coefficient (Wildman–Crippen LogP) is 3.10. The number of hydrogen-bond acceptors (Lipinski definition) is 2. The van der Waals surface area contributed by atoms with E-state index in [4.69, 9.17) is 0 Å². The van der Waals surface area contributed by atoms with Gasteiger partial charge in [0.2, 0.25) is 0 Å². The van der Waals surface area contributed by atoms with Crippen molar-refractivity contribution in [1.82, 2.24) is 9.88 Å². The number of aryl methyl sites for hydroxylation is 1. The third-order valence-electron chi connectivity index (χ3n) is 3.93. The molecule has 4 nitrogen and oxygen atoms in total. The number of anilines is 1. The fourth-order valence-electron chi connectivity index (χ4n) is 2.65. The average Bonchev–Trinajstić information content (AvgIpc) is 2.45. The largest absolute Gasteiger partial charge is 0.324 e. The normalized spacial score (nSPS) is 14.6. The molecule has 1 saturated heterocycles. The second kappa shape index (κ2) is 5.95. The van der Waals surface area contributed by atoms with Gasteiger partial charge in [0.1, 0.15) is 0 Å². The summed E-state index contributed by atoms with van der Waals surface area (Å²) in [5, 5.41) is 2.86. The van der Waals surface area contributed by atoms with Crippen molar-refractivity contribution in [3.05, 3.63) is 59.9 Å². The van der Waals surface area contributed by atoms with Gasteiger partial charge in [-0.05, 0) is 42.5 Å². The quantitative estimate of drug-likeness (QED) is 0.939.